The topological polar surface area (TPSA) is 49.3 Å². The third kappa shape index (κ3) is 3.43. The molecular weight excluding hydrogens is 282 g/mol. The van der Waals surface area contributed by atoms with Crippen molar-refractivity contribution in [1.29, 1.82) is 0 Å². The number of nitrogens with one attached hydrogen (secondary N) is 1. The van der Waals surface area contributed by atoms with E-state index in [1.54, 1.807) is 7.05 Å². The standard InChI is InChI=1S/C17H25NO2S/c1-12-6-7-15(13(2)11-12)21-10-8-14-5-4-9-17(14,18-3)16(19)20/h6-7,11,14,18H,4-5,8-10H2,1-3H3,(H,19,20). The van der Waals surface area contributed by atoms with Crippen molar-refractivity contribution in [2.75, 3.05) is 12.8 Å². The quantitative estimate of drug-likeness (QED) is 0.788. The van der Waals surface area contributed by atoms with Crippen LogP contribution in [0.2, 0.25) is 0 Å². The number of benzene rings is 1. The number of aryl methyl sites for hydroxylation is 2. The Hall–Kier alpha value is -1.00. The Balaban J connectivity index is 1.95. The molecule has 2 unspecified atom stereocenters. The number of carbonyl (C=O) groups is 1. The van der Waals surface area contributed by atoms with Crippen LogP contribution in [0.1, 0.15) is 36.8 Å². The molecule has 1 aromatic carbocycles. The number of thioether (sulfide) groups is 1. The predicted octanol–water partition coefficient (Wildman–Crippen LogP) is 3.63. The molecule has 0 amide bonds. The first-order valence-corrected chi connectivity index (χ1v) is 8.60. The fourth-order valence-electron chi connectivity index (χ4n) is 3.46. The predicted molar refractivity (Wildman–Crippen MR) is 88.0 cm³/mol. The number of carboxylic acids is 1. The van der Waals surface area contributed by atoms with Gasteiger partial charge in [-0.3, -0.25) is 4.79 Å². The van der Waals surface area contributed by atoms with E-state index in [9.17, 15) is 9.90 Å². The SMILES string of the molecule is CNC1(C(=O)O)CCCC1CCSc1ccc(C)cc1C. The summed E-state index contributed by atoms with van der Waals surface area (Å²) < 4.78 is 0. The second-order valence-corrected chi connectivity index (χ2v) is 7.16. The molecule has 1 aliphatic rings. The van der Waals surface area contributed by atoms with Crippen molar-refractivity contribution in [3.63, 3.8) is 0 Å². The van der Waals surface area contributed by atoms with Crippen LogP contribution in [0.3, 0.4) is 0 Å². The summed E-state index contributed by atoms with van der Waals surface area (Å²) in [4.78, 5) is 12.9. The van der Waals surface area contributed by atoms with Crippen LogP contribution in [-0.2, 0) is 4.79 Å². The molecule has 0 spiro atoms. The Morgan fingerprint density at radius 2 is 2.24 bits per heavy atom. The molecule has 2 rings (SSSR count). The van der Waals surface area contributed by atoms with Gasteiger partial charge in [0.2, 0.25) is 0 Å². The lowest BCUT2D eigenvalue weighted by Gasteiger charge is -2.31. The molecule has 4 heteroatoms. The first-order chi connectivity index (χ1) is 9.99. The van der Waals surface area contributed by atoms with Gasteiger partial charge in [-0.1, -0.05) is 24.1 Å². The highest BCUT2D eigenvalue weighted by atomic mass is 32.2. The van der Waals surface area contributed by atoms with Crippen molar-refractivity contribution in [2.45, 2.75) is 50.0 Å². The number of aliphatic carboxylic acids is 1. The maximum Gasteiger partial charge on any atom is 0.324 e. The zero-order chi connectivity index (χ0) is 15.5. The van der Waals surface area contributed by atoms with E-state index in [0.717, 1.165) is 31.4 Å². The van der Waals surface area contributed by atoms with Gasteiger partial charge in [0.25, 0.3) is 0 Å². The number of likely N-dealkylation sites (N-methyl/N-ethyl adjacent to an activating group) is 1. The number of hydrogen-bond acceptors (Lipinski definition) is 3. The Morgan fingerprint density at radius 3 is 2.86 bits per heavy atom. The monoisotopic (exact) mass is 307 g/mol. The molecule has 0 heterocycles. The van der Waals surface area contributed by atoms with Gasteiger partial charge >= 0.3 is 5.97 Å². The molecule has 1 saturated carbocycles. The van der Waals surface area contributed by atoms with Crippen LogP contribution >= 0.6 is 11.8 Å². The molecule has 0 saturated heterocycles. The van der Waals surface area contributed by atoms with Crippen molar-refractivity contribution in [1.82, 2.24) is 5.32 Å². The Labute approximate surface area is 131 Å². The van der Waals surface area contributed by atoms with E-state index in [0.29, 0.717) is 0 Å². The van der Waals surface area contributed by atoms with Gasteiger partial charge in [-0.25, -0.2) is 0 Å². The number of rotatable bonds is 6. The lowest BCUT2D eigenvalue weighted by molar-refractivity contribution is -0.146. The second kappa shape index (κ2) is 6.84. The molecule has 1 aliphatic carbocycles. The Kier molecular flexibility index (Phi) is 5.33. The van der Waals surface area contributed by atoms with Gasteiger partial charge in [-0.2, -0.15) is 0 Å². The molecule has 0 bridgehead atoms. The largest absolute Gasteiger partial charge is 0.480 e. The van der Waals surface area contributed by atoms with Crippen LogP contribution in [-0.4, -0.2) is 29.4 Å². The van der Waals surface area contributed by atoms with Crippen LogP contribution < -0.4 is 5.32 Å². The number of hydrogen-bond donors (Lipinski definition) is 2. The summed E-state index contributed by atoms with van der Waals surface area (Å²) in [6, 6.07) is 6.51. The maximum absolute atomic E-state index is 11.6. The molecule has 1 aromatic rings. The van der Waals surface area contributed by atoms with Crippen LogP contribution in [0.15, 0.2) is 23.1 Å². The van der Waals surface area contributed by atoms with Gasteiger partial charge in [-0.05, 0) is 63.5 Å². The van der Waals surface area contributed by atoms with Crippen LogP contribution in [0.5, 0.6) is 0 Å². The minimum absolute atomic E-state index is 0.234. The van der Waals surface area contributed by atoms with Gasteiger partial charge in [0.05, 0.1) is 0 Å². The average Bonchev–Trinajstić information content (AvgIpc) is 2.85. The molecule has 2 atom stereocenters. The van der Waals surface area contributed by atoms with E-state index in [1.165, 1.54) is 16.0 Å². The lowest BCUT2D eigenvalue weighted by atomic mass is 9.85. The second-order valence-electron chi connectivity index (χ2n) is 6.02. The van der Waals surface area contributed by atoms with Crippen molar-refractivity contribution in [3.8, 4) is 0 Å². The highest BCUT2D eigenvalue weighted by Crippen LogP contribution is 2.39. The third-order valence-corrected chi connectivity index (χ3v) is 5.91. The highest BCUT2D eigenvalue weighted by molar-refractivity contribution is 7.99. The summed E-state index contributed by atoms with van der Waals surface area (Å²) in [6.45, 7) is 4.24. The first kappa shape index (κ1) is 16.4. The third-order valence-electron chi connectivity index (χ3n) is 4.70. The zero-order valence-corrected chi connectivity index (χ0v) is 13.9. The van der Waals surface area contributed by atoms with E-state index in [4.69, 9.17) is 0 Å². The summed E-state index contributed by atoms with van der Waals surface area (Å²) in [7, 11) is 1.78. The van der Waals surface area contributed by atoms with Crippen LogP contribution in [0.25, 0.3) is 0 Å². The summed E-state index contributed by atoms with van der Waals surface area (Å²) in [5.41, 5.74) is 1.89. The normalized spacial score (nSPS) is 25.2. The number of carboxylic acid groups (broad SMARTS) is 1. The van der Waals surface area contributed by atoms with Gasteiger partial charge in [0.1, 0.15) is 5.54 Å². The summed E-state index contributed by atoms with van der Waals surface area (Å²) in [5, 5.41) is 12.6. The molecule has 0 radical (unpaired) electrons. The van der Waals surface area contributed by atoms with E-state index in [-0.39, 0.29) is 5.92 Å². The van der Waals surface area contributed by atoms with Crippen molar-refractivity contribution in [2.24, 2.45) is 5.92 Å². The Morgan fingerprint density at radius 1 is 1.48 bits per heavy atom. The highest BCUT2D eigenvalue weighted by Gasteiger charge is 2.47. The first-order valence-electron chi connectivity index (χ1n) is 7.62. The summed E-state index contributed by atoms with van der Waals surface area (Å²) in [5.74, 6) is 0.521. The Bertz CT molecular complexity index is 518. The van der Waals surface area contributed by atoms with Gasteiger partial charge < -0.3 is 10.4 Å². The van der Waals surface area contributed by atoms with Crippen molar-refractivity contribution >= 4 is 17.7 Å². The van der Waals surface area contributed by atoms with E-state index < -0.39 is 11.5 Å². The van der Waals surface area contributed by atoms with Crippen molar-refractivity contribution < 1.29 is 9.90 Å². The van der Waals surface area contributed by atoms with Crippen molar-refractivity contribution in [3.05, 3.63) is 29.3 Å². The molecule has 0 aliphatic heterocycles. The maximum atomic E-state index is 11.6. The van der Waals surface area contributed by atoms with Crippen LogP contribution in [0, 0.1) is 19.8 Å². The fourth-order valence-corrected chi connectivity index (χ4v) is 4.53. The molecule has 1 fully saturated rings. The lowest BCUT2D eigenvalue weighted by Crippen LogP contribution is -2.53. The van der Waals surface area contributed by atoms with E-state index >= 15 is 0 Å². The van der Waals surface area contributed by atoms with Crippen LogP contribution in [0.4, 0.5) is 0 Å². The molecule has 0 aromatic heterocycles. The molecule has 116 valence electrons. The smallest absolute Gasteiger partial charge is 0.324 e. The van der Waals surface area contributed by atoms with Gasteiger partial charge in [0.15, 0.2) is 0 Å². The minimum Gasteiger partial charge on any atom is -0.480 e. The molecule has 3 nitrogen and oxygen atoms in total. The zero-order valence-electron chi connectivity index (χ0n) is 13.1. The molecule has 21 heavy (non-hydrogen) atoms. The summed E-state index contributed by atoms with van der Waals surface area (Å²) >= 11 is 1.84. The van der Waals surface area contributed by atoms with E-state index in [1.807, 2.05) is 11.8 Å². The summed E-state index contributed by atoms with van der Waals surface area (Å²) in [6.07, 6.45) is 3.72. The fraction of sp³-hybridized carbons (Fsp3) is 0.588. The molecular formula is C17H25NO2S. The van der Waals surface area contributed by atoms with Gasteiger partial charge in [-0.15, -0.1) is 11.8 Å². The van der Waals surface area contributed by atoms with E-state index in [2.05, 4.69) is 37.4 Å². The molecule has 2 N–H and O–H groups in total. The van der Waals surface area contributed by atoms with Gasteiger partial charge in [0, 0.05) is 4.90 Å². The average molecular weight is 307 g/mol. The minimum atomic E-state index is -0.705.